The van der Waals surface area contributed by atoms with Gasteiger partial charge in [-0.25, -0.2) is 0 Å². The average molecular weight is 546 g/mol. The Bertz CT molecular complexity index is 500. The summed E-state index contributed by atoms with van der Waals surface area (Å²) >= 11 is -0.743. The van der Waals surface area contributed by atoms with Crippen molar-refractivity contribution in [2.45, 2.75) is 45.2 Å². The van der Waals surface area contributed by atoms with Crippen LogP contribution in [0, 0.1) is 0 Å². The maximum absolute atomic E-state index is 14.4. The topological polar surface area (TPSA) is 0 Å². The Labute approximate surface area is 156 Å². The third-order valence-electron chi connectivity index (χ3n) is 5.27. The van der Waals surface area contributed by atoms with Crippen LogP contribution in [0.5, 0.6) is 0 Å². The zero-order valence-corrected chi connectivity index (χ0v) is 21.0. The molecule has 0 amide bonds. The Kier molecular flexibility index (Phi) is 8.96. The van der Waals surface area contributed by atoms with Gasteiger partial charge >= 0.3 is 133 Å². The second-order valence-corrected chi connectivity index (χ2v) is 39.0. The molecule has 0 N–H and O–H groups in total. The molecule has 0 aromatic carbocycles. The summed E-state index contributed by atoms with van der Waals surface area (Å²) in [5, 5.41) is 2.24. The van der Waals surface area contributed by atoms with Crippen molar-refractivity contribution in [1.29, 1.82) is 0 Å². The van der Waals surface area contributed by atoms with Gasteiger partial charge in [0.2, 0.25) is 0 Å². The van der Waals surface area contributed by atoms with Crippen molar-refractivity contribution in [3.05, 3.63) is 44.9 Å². The summed E-state index contributed by atoms with van der Waals surface area (Å²) in [6, 6.07) is 0. The van der Waals surface area contributed by atoms with E-state index in [9.17, 15) is 4.39 Å². The molecule has 124 valence electrons. The predicted molar refractivity (Wildman–Crippen MR) is 103 cm³/mol. The van der Waals surface area contributed by atoms with Gasteiger partial charge in [0.1, 0.15) is 0 Å². The van der Waals surface area contributed by atoms with Gasteiger partial charge in [-0.2, -0.15) is 0 Å². The van der Waals surface area contributed by atoms with E-state index in [0.717, 1.165) is 10.1 Å². The van der Waals surface area contributed by atoms with E-state index in [1.54, 1.807) is 6.08 Å². The molecule has 22 heavy (non-hydrogen) atoms. The molecular weight excluding hydrogens is 521 g/mol. The first-order valence-electron chi connectivity index (χ1n) is 7.77. The molecule has 2 unspecified atom stereocenters. The summed E-state index contributed by atoms with van der Waals surface area (Å²) in [4.78, 5) is 0. The van der Waals surface area contributed by atoms with Crippen LogP contribution in [0.2, 0.25) is 3.67 Å². The van der Waals surface area contributed by atoms with Crippen LogP contribution < -0.4 is 0 Å². The molecule has 0 nitrogen and oxygen atoms in total. The van der Waals surface area contributed by atoms with Crippen molar-refractivity contribution in [3.8, 4) is 0 Å². The second-order valence-electron chi connectivity index (χ2n) is 6.32. The van der Waals surface area contributed by atoms with Crippen LogP contribution in [0.25, 0.3) is 0 Å². The van der Waals surface area contributed by atoms with E-state index in [-0.39, 0.29) is 30.6 Å². The van der Waals surface area contributed by atoms with Gasteiger partial charge in [-0.1, -0.05) is 0 Å². The molecule has 0 aromatic rings. The van der Waals surface area contributed by atoms with Gasteiger partial charge in [0.15, 0.2) is 0 Å². The van der Waals surface area contributed by atoms with Crippen LogP contribution in [0.1, 0.15) is 38.5 Å². The number of hydrogen-bond donors (Lipinski definition) is 0. The summed E-state index contributed by atoms with van der Waals surface area (Å²) in [5.41, 5.74) is 0. The first kappa shape index (κ1) is 21.0. The van der Waals surface area contributed by atoms with Crippen molar-refractivity contribution in [1.82, 2.24) is 0 Å². The molecule has 2 aliphatic carbocycles. The molecule has 3 aliphatic rings. The zero-order chi connectivity index (χ0) is 14.0. The fourth-order valence-corrected chi connectivity index (χ4v) is 41.2. The molecule has 1 fully saturated rings. The Morgan fingerprint density at radius 2 is 1.86 bits per heavy atom. The fraction of sp³-hybridized carbons (Fsp3) is 0.500. The molecule has 0 saturated heterocycles. The molecule has 2 atom stereocenters. The van der Waals surface area contributed by atoms with Gasteiger partial charge in [-0.3, -0.25) is 0 Å². The van der Waals surface area contributed by atoms with Gasteiger partial charge < -0.3 is 0 Å². The third-order valence-corrected chi connectivity index (χ3v) is 51.0. The predicted octanol–water partition coefficient (Wildman–Crippen LogP) is 5.30. The molecule has 3 rings (SSSR count). The number of hydrogen-bond acceptors (Lipinski definition) is 1. The first-order valence-corrected chi connectivity index (χ1v) is 26.4. The zero-order valence-electron chi connectivity index (χ0n) is 13.0. The second kappa shape index (κ2) is 9.41. The van der Waals surface area contributed by atoms with Gasteiger partial charge in [-0.15, -0.1) is 24.8 Å². The number of allylic oxidation sites excluding steroid dienone is 6. The number of rotatable bonds is 3. The van der Waals surface area contributed by atoms with Gasteiger partial charge in [0.25, 0.3) is 0 Å². The number of thioether (sulfide) groups is 1. The minimum absolute atomic E-state index is 0. The first-order chi connectivity index (χ1) is 9.73. The van der Waals surface area contributed by atoms with E-state index in [1.807, 2.05) is 11.8 Å². The monoisotopic (exact) mass is 546 g/mol. The summed E-state index contributed by atoms with van der Waals surface area (Å²) in [6.07, 6.45) is 18.4. The Hall–Kier alpha value is 0.907. The normalized spacial score (nSPS) is 27.4. The maximum atomic E-state index is 14.4. The van der Waals surface area contributed by atoms with E-state index in [0.29, 0.717) is 3.01 Å². The van der Waals surface area contributed by atoms with Crippen LogP contribution >= 0.6 is 36.6 Å². The van der Waals surface area contributed by atoms with Crippen molar-refractivity contribution < 1.29 is 23.5 Å². The number of halogens is 3. The van der Waals surface area contributed by atoms with E-state index < -0.39 is 19.1 Å². The van der Waals surface area contributed by atoms with Crippen molar-refractivity contribution in [2.75, 3.05) is 0 Å². The Balaban J connectivity index is 0.00000121. The van der Waals surface area contributed by atoms with Crippen molar-refractivity contribution >= 4 is 44.0 Å². The summed E-state index contributed by atoms with van der Waals surface area (Å²) in [7, 11) is 1.26. The van der Waals surface area contributed by atoms with E-state index in [1.165, 1.54) is 42.9 Å². The summed E-state index contributed by atoms with van der Waals surface area (Å²) in [6.45, 7) is 0. The van der Waals surface area contributed by atoms with Gasteiger partial charge in [0.05, 0.1) is 0 Å². The van der Waals surface area contributed by atoms with E-state index >= 15 is 0 Å². The molecule has 0 radical (unpaired) electrons. The van der Waals surface area contributed by atoms with Crippen LogP contribution in [-0.4, -0.2) is 10.4 Å². The van der Waals surface area contributed by atoms with E-state index in [2.05, 4.69) is 29.7 Å². The van der Waals surface area contributed by atoms with E-state index in [4.69, 9.17) is 0 Å². The molecular formula is C16H25Cl2FHfSSi. The third kappa shape index (κ3) is 4.11. The molecule has 0 aromatic heterocycles. The van der Waals surface area contributed by atoms with Gasteiger partial charge in [0, 0.05) is 0 Å². The summed E-state index contributed by atoms with van der Waals surface area (Å²) < 4.78 is 17.3. The van der Waals surface area contributed by atoms with Gasteiger partial charge in [-0.05, 0) is 0 Å². The van der Waals surface area contributed by atoms with Crippen LogP contribution in [0.4, 0.5) is 4.39 Å². The minimum atomic E-state index is -2.73. The van der Waals surface area contributed by atoms with Crippen molar-refractivity contribution in [3.63, 3.8) is 0 Å². The molecule has 1 aliphatic heterocycles. The molecule has 1 heterocycles. The Morgan fingerprint density at radius 3 is 2.41 bits per heavy atom. The summed E-state index contributed by atoms with van der Waals surface area (Å²) in [5.74, 6) is 0.163. The molecule has 1 saturated carbocycles. The van der Waals surface area contributed by atoms with Crippen molar-refractivity contribution in [2.24, 2.45) is 0 Å². The van der Waals surface area contributed by atoms with Crippen LogP contribution in [0.3, 0.4) is 0 Å². The molecule has 6 heteroatoms. The quantitative estimate of drug-likeness (QED) is 0.434. The SMILES string of the molecule is Cl.Cl.FC1=[C]([Hf]([SiH3])([CH]2CCCCC2)[CH]2C=CC=CS2)CC=C1. The fourth-order valence-electron chi connectivity index (χ4n) is 4.04. The standard InChI is InChI=1S/C6H11.C5H4F.C5H5S.2ClH.Hf.H3Si/c1-2-4-6-5-3-1;6-5-3-1-2-4-5;1-2-4-6-5-3-1;;;;/h1H,2-6H2;1,3H,2H2;1-5H;2*1H;;1H3. The van der Waals surface area contributed by atoms with Crippen LogP contribution in [0.15, 0.2) is 44.9 Å². The molecule has 0 bridgehead atoms. The Morgan fingerprint density at radius 1 is 1.14 bits per heavy atom. The average Bonchev–Trinajstić information content (AvgIpc) is 2.95. The van der Waals surface area contributed by atoms with Crippen LogP contribution in [-0.2, 0) is 19.1 Å². The molecule has 0 spiro atoms.